The van der Waals surface area contributed by atoms with E-state index in [1.165, 1.54) is 12.0 Å². The predicted molar refractivity (Wildman–Crippen MR) is 94.6 cm³/mol. The van der Waals surface area contributed by atoms with Crippen LogP contribution in [0.15, 0.2) is 24.4 Å². The number of hydrogen-bond donors (Lipinski definition) is 1. The van der Waals surface area contributed by atoms with Gasteiger partial charge in [-0.3, -0.25) is 4.90 Å². The van der Waals surface area contributed by atoms with Crippen LogP contribution in [0, 0.1) is 0 Å². The van der Waals surface area contributed by atoms with E-state index in [0.717, 1.165) is 10.9 Å². The fourth-order valence-electron chi connectivity index (χ4n) is 3.09. The molecule has 7 nitrogen and oxygen atoms in total. The first-order chi connectivity index (χ1) is 13.2. The van der Waals surface area contributed by atoms with Crippen LogP contribution in [0.3, 0.4) is 0 Å². The number of amides is 1. The Hall–Kier alpha value is -2.46. The molecule has 2 unspecified atom stereocenters. The summed E-state index contributed by atoms with van der Waals surface area (Å²) in [4.78, 5) is 13.7. The zero-order chi connectivity index (χ0) is 20.5. The van der Waals surface area contributed by atoms with Crippen molar-refractivity contribution in [2.75, 3.05) is 31.8 Å². The number of aliphatic hydroxyl groups excluding tert-OH is 1. The number of benzene rings is 1. The number of cyclic esters (lactones) is 1. The number of alkyl halides is 3. The van der Waals surface area contributed by atoms with Crippen molar-refractivity contribution in [1.29, 1.82) is 0 Å². The second kappa shape index (κ2) is 7.88. The minimum absolute atomic E-state index is 0.277. The summed E-state index contributed by atoms with van der Waals surface area (Å²) in [6.45, 7) is 0.384. The largest absolute Gasteiger partial charge is 0.493 e. The van der Waals surface area contributed by atoms with E-state index in [9.17, 15) is 18.0 Å². The third-order valence-corrected chi connectivity index (χ3v) is 4.50. The van der Waals surface area contributed by atoms with Crippen molar-refractivity contribution in [3.63, 3.8) is 0 Å². The normalized spacial score (nSPS) is 18.6. The Kier molecular flexibility index (Phi) is 5.71. The van der Waals surface area contributed by atoms with Gasteiger partial charge in [-0.15, -0.1) is 0 Å². The first-order valence-electron chi connectivity index (χ1n) is 8.64. The molecule has 0 spiro atoms. The van der Waals surface area contributed by atoms with Gasteiger partial charge in [-0.05, 0) is 12.1 Å². The molecular weight excluding hydrogens is 381 g/mol. The number of rotatable bonds is 7. The molecule has 10 heteroatoms. The van der Waals surface area contributed by atoms with Gasteiger partial charge in [-0.25, -0.2) is 4.79 Å². The fraction of sp³-hybridized carbons (Fsp3) is 0.500. The number of carbonyl (C=O) groups excluding carboxylic acids is 1. The summed E-state index contributed by atoms with van der Waals surface area (Å²) in [5.41, 5.74) is 1.41. The van der Waals surface area contributed by atoms with Crippen LogP contribution in [0.25, 0.3) is 10.9 Å². The van der Waals surface area contributed by atoms with Crippen molar-refractivity contribution in [3.05, 3.63) is 24.4 Å². The van der Waals surface area contributed by atoms with Gasteiger partial charge in [-0.2, -0.15) is 13.2 Å². The van der Waals surface area contributed by atoms with Gasteiger partial charge in [0.15, 0.2) is 6.10 Å². The summed E-state index contributed by atoms with van der Waals surface area (Å²) in [6, 6.07) is 5.02. The second-order valence-electron chi connectivity index (χ2n) is 6.57. The summed E-state index contributed by atoms with van der Waals surface area (Å²) in [6.07, 6.45) is -6.67. The van der Waals surface area contributed by atoms with Gasteiger partial charge in [0.2, 0.25) is 0 Å². The van der Waals surface area contributed by atoms with Crippen LogP contribution < -0.4 is 9.64 Å². The van der Waals surface area contributed by atoms with E-state index >= 15 is 0 Å². The van der Waals surface area contributed by atoms with Crippen LogP contribution in [0.1, 0.15) is 6.42 Å². The molecule has 2 atom stereocenters. The van der Waals surface area contributed by atoms with E-state index in [4.69, 9.17) is 19.3 Å². The lowest BCUT2D eigenvalue weighted by Crippen LogP contribution is -2.30. The minimum atomic E-state index is -4.66. The topological polar surface area (TPSA) is 73.2 Å². The molecule has 154 valence electrons. The van der Waals surface area contributed by atoms with Crippen molar-refractivity contribution in [2.24, 2.45) is 7.05 Å². The van der Waals surface area contributed by atoms with Crippen molar-refractivity contribution < 1.29 is 37.3 Å². The van der Waals surface area contributed by atoms with Gasteiger partial charge >= 0.3 is 12.3 Å². The number of nitrogens with zero attached hydrogens (tertiary/aromatic N) is 2. The van der Waals surface area contributed by atoms with E-state index in [1.54, 1.807) is 36.0 Å². The third-order valence-electron chi connectivity index (χ3n) is 4.50. The monoisotopic (exact) mass is 402 g/mol. The van der Waals surface area contributed by atoms with Gasteiger partial charge in [0, 0.05) is 38.2 Å². The van der Waals surface area contributed by atoms with Crippen LogP contribution in [-0.4, -0.2) is 61.0 Å². The number of carbonyl (C=O) groups is 1. The maximum Gasteiger partial charge on any atom is 0.414 e. The second-order valence-corrected chi connectivity index (χ2v) is 6.57. The standard InChI is InChI=1S/C18H21F3N2O5/c1-22-9-15(23-8-12(10-26-2)28-17(23)25)13-4-3-11(7-14(13)22)27-6-5-16(24)18(19,20)21/h3-4,7,9,12,16,24H,5-6,8,10H2,1-2H3. The van der Waals surface area contributed by atoms with E-state index in [2.05, 4.69) is 0 Å². The van der Waals surface area contributed by atoms with Gasteiger partial charge in [0.25, 0.3) is 0 Å². The number of aromatic nitrogens is 1. The fourth-order valence-corrected chi connectivity index (χ4v) is 3.09. The molecule has 1 aliphatic heterocycles. The van der Waals surface area contributed by atoms with Crippen LogP contribution in [0.4, 0.5) is 23.7 Å². The molecule has 1 aromatic carbocycles. The molecule has 2 aromatic rings. The maximum absolute atomic E-state index is 12.3. The summed E-state index contributed by atoms with van der Waals surface area (Å²) < 4.78 is 54.4. The number of hydrogen-bond acceptors (Lipinski definition) is 5. The molecule has 1 amide bonds. The number of anilines is 1. The molecule has 0 radical (unpaired) electrons. The van der Waals surface area contributed by atoms with Crippen LogP contribution in [0.5, 0.6) is 5.75 Å². The van der Waals surface area contributed by atoms with Gasteiger partial charge < -0.3 is 23.9 Å². The molecule has 28 heavy (non-hydrogen) atoms. The predicted octanol–water partition coefficient (Wildman–Crippen LogP) is 2.84. The number of aliphatic hydroxyl groups is 1. The quantitative estimate of drug-likeness (QED) is 0.771. The third kappa shape index (κ3) is 4.17. The van der Waals surface area contributed by atoms with Crippen LogP contribution >= 0.6 is 0 Å². The summed E-state index contributed by atoms with van der Waals surface area (Å²) >= 11 is 0. The first kappa shape index (κ1) is 20.3. The van der Waals surface area contributed by atoms with Crippen LogP contribution in [0.2, 0.25) is 0 Å². The number of aryl methyl sites for hydroxylation is 1. The molecule has 1 aromatic heterocycles. The highest BCUT2D eigenvalue weighted by atomic mass is 19.4. The Balaban J connectivity index is 1.74. The Morgan fingerprint density at radius 3 is 2.82 bits per heavy atom. The lowest BCUT2D eigenvalue weighted by Gasteiger charge is -2.15. The van der Waals surface area contributed by atoms with Gasteiger partial charge in [-0.1, -0.05) is 0 Å². The molecule has 2 heterocycles. The maximum atomic E-state index is 12.3. The first-order valence-corrected chi connectivity index (χ1v) is 8.64. The molecule has 0 saturated carbocycles. The van der Waals surface area contributed by atoms with E-state index < -0.39 is 24.8 Å². The Labute approximate surface area is 159 Å². The Morgan fingerprint density at radius 1 is 1.39 bits per heavy atom. The molecule has 0 aliphatic carbocycles. The summed E-state index contributed by atoms with van der Waals surface area (Å²) in [5, 5.41) is 9.80. The zero-order valence-electron chi connectivity index (χ0n) is 15.4. The molecule has 1 N–H and O–H groups in total. The molecule has 0 bridgehead atoms. The molecule has 1 aliphatic rings. The molecule has 1 fully saturated rings. The average Bonchev–Trinajstić information content (AvgIpc) is 3.14. The lowest BCUT2D eigenvalue weighted by molar-refractivity contribution is -0.206. The highest BCUT2D eigenvalue weighted by molar-refractivity contribution is 6.02. The van der Waals surface area contributed by atoms with E-state index in [0.29, 0.717) is 24.6 Å². The number of halogens is 3. The minimum Gasteiger partial charge on any atom is -0.493 e. The van der Waals surface area contributed by atoms with Crippen molar-refractivity contribution >= 4 is 22.7 Å². The number of fused-ring (bicyclic) bond motifs is 1. The van der Waals surface area contributed by atoms with E-state index in [1.807, 2.05) is 0 Å². The van der Waals surface area contributed by atoms with Gasteiger partial charge in [0.1, 0.15) is 11.9 Å². The lowest BCUT2D eigenvalue weighted by atomic mass is 10.2. The smallest absolute Gasteiger partial charge is 0.414 e. The summed E-state index contributed by atoms with van der Waals surface area (Å²) in [7, 11) is 3.32. The Bertz CT molecular complexity index is 852. The SMILES string of the molecule is COCC1CN(c2cn(C)c3cc(OCCC(O)C(F)(F)F)ccc23)C(=O)O1. The molecular formula is C18H21F3N2O5. The zero-order valence-corrected chi connectivity index (χ0v) is 15.4. The van der Waals surface area contributed by atoms with E-state index in [-0.39, 0.29) is 12.7 Å². The Morgan fingerprint density at radius 2 is 2.14 bits per heavy atom. The number of methoxy groups -OCH3 is 1. The highest BCUT2D eigenvalue weighted by Crippen LogP contribution is 2.34. The van der Waals surface area contributed by atoms with Crippen molar-refractivity contribution in [1.82, 2.24) is 4.57 Å². The average molecular weight is 402 g/mol. The van der Waals surface area contributed by atoms with Gasteiger partial charge in [0.05, 0.1) is 31.0 Å². The molecule has 3 rings (SSSR count). The van der Waals surface area contributed by atoms with Crippen LogP contribution in [-0.2, 0) is 16.5 Å². The number of ether oxygens (including phenoxy) is 3. The van der Waals surface area contributed by atoms with Crippen molar-refractivity contribution in [2.45, 2.75) is 24.8 Å². The van der Waals surface area contributed by atoms with Crippen molar-refractivity contribution in [3.8, 4) is 5.75 Å². The highest BCUT2D eigenvalue weighted by Gasteiger charge is 2.38. The summed E-state index contributed by atoms with van der Waals surface area (Å²) in [5.74, 6) is 0.371. The molecule has 1 saturated heterocycles.